The van der Waals surface area contributed by atoms with E-state index in [4.69, 9.17) is 14.2 Å². The van der Waals surface area contributed by atoms with E-state index in [-0.39, 0.29) is 18.0 Å². The lowest BCUT2D eigenvalue weighted by Gasteiger charge is -2.15. The Hall–Kier alpha value is -2.63. The molecular formula is C29H44O6. The standard InChI is InChI=1S/C29H44O6/c1-4-5-6-16-21-27(33-24(2)30)22-17-11-9-7-8-10-12-18-23-28(31)34-25(3)35-29(32)26-19-14-13-15-20-26/h11,13-15,17,19-20,25,27H,4-10,12,16,18,21-23H2,1-3H3. The van der Waals surface area contributed by atoms with Crippen molar-refractivity contribution in [1.29, 1.82) is 0 Å². The quantitative estimate of drug-likeness (QED) is 0.0879. The summed E-state index contributed by atoms with van der Waals surface area (Å²) in [5.74, 6) is -1.06. The van der Waals surface area contributed by atoms with E-state index in [9.17, 15) is 14.4 Å². The molecule has 0 saturated carbocycles. The normalized spacial score (nSPS) is 12.8. The fourth-order valence-electron chi connectivity index (χ4n) is 3.75. The summed E-state index contributed by atoms with van der Waals surface area (Å²) in [7, 11) is 0. The molecule has 0 saturated heterocycles. The number of esters is 3. The predicted molar refractivity (Wildman–Crippen MR) is 138 cm³/mol. The smallest absolute Gasteiger partial charge is 0.341 e. The number of hydrogen-bond acceptors (Lipinski definition) is 6. The van der Waals surface area contributed by atoms with Gasteiger partial charge in [0, 0.05) is 26.7 Å². The van der Waals surface area contributed by atoms with Crippen LogP contribution in [0.4, 0.5) is 0 Å². The van der Waals surface area contributed by atoms with Crippen LogP contribution in [0.5, 0.6) is 0 Å². The minimum atomic E-state index is -0.904. The maximum atomic E-state index is 12.0. The minimum Gasteiger partial charge on any atom is -0.462 e. The van der Waals surface area contributed by atoms with Crippen molar-refractivity contribution in [3.8, 4) is 0 Å². The number of allylic oxidation sites excluding steroid dienone is 1. The third kappa shape index (κ3) is 16.6. The van der Waals surface area contributed by atoms with Crippen LogP contribution in [-0.4, -0.2) is 30.3 Å². The van der Waals surface area contributed by atoms with Crippen molar-refractivity contribution in [1.82, 2.24) is 0 Å². The molecule has 0 aliphatic heterocycles. The summed E-state index contributed by atoms with van der Waals surface area (Å²) in [6.07, 6.45) is 16.2. The Morgan fingerprint density at radius 3 is 2.23 bits per heavy atom. The van der Waals surface area contributed by atoms with Gasteiger partial charge in [0.2, 0.25) is 6.29 Å². The Morgan fingerprint density at radius 1 is 0.829 bits per heavy atom. The molecule has 0 aromatic heterocycles. The van der Waals surface area contributed by atoms with Crippen molar-refractivity contribution in [2.45, 2.75) is 117 Å². The minimum absolute atomic E-state index is 0.00932. The maximum Gasteiger partial charge on any atom is 0.341 e. The Bertz CT molecular complexity index is 743. The molecule has 0 radical (unpaired) electrons. The van der Waals surface area contributed by atoms with Crippen LogP contribution in [-0.2, 0) is 23.8 Å². The van der Waals surface area contributed by atoms with Crippen molar-refractivity contribution >= 4 is 17.9 Å². The van der Waals surface area contributed by atoms with Crippen LogP contribution in [0.2, 0.25) is 0 Å². The van der Waals surface area contributed by atoms with Gasteiger partial charge < -0.3 is 14.2 Å². The third-order valence-electron chi connectivity index (χ3n) is 5.61. The average Bonchev–Trinajstić information content (AvgIpc) is 2.82. The largest absolute Gasteiger partial charge is 0.462 e. The van der Waals surface area contributed by atoms with Gasteiger partial charge in [-0.25, -0.2) is 4.79 Å². The van der Waals surface area contributed by atoms with Crippen molar-refractivity contribution < 1.29 is 28.6 Å². The van der Waals surface area contributed by atoms with Gasteiger partial charge in [0.1, 0.15) is 6.10 Å². The molecule has 0 aliphatic rings. The fourth-order valence-corrected chi connectivity index (χ4v) is 3.75. The predicted octanol–water partition coefficient (Wildman–Crippen LogP) is 7.31. The lowest BCUT2D eigenvalue weighted by atomic mass is 10.1. The molecule has 196 valence electrons. The molecule has 2 unspecified atom stereocenters. The number of benzene rings is 1. The molecular weight excluding hydrogens is 444 g/mol. The number of hydrogen-bond donors (Lipinski definition) is 0. The molecule has 0 bridgehead atoms. The Morgan fingerprint density at radius 2 is 1.51 bits per heavy atom. The maximum absolute atomic E-state index is 12.0. The van der Waals surface area contributed by atoms with Crippen LogP contribution < -0.4 is 0 Å². The first-order valence-electron chi connectivity index (χ1n) is 13.2. The topological polar surface area (TPSA) is 78.9 Å². The van der Waals surface area contributed by atoms with Gasteiger partial charge in [-0.2, -0.15) is 0 Å². The zero-order chi connectivity index (χ0) is 25.7. The van der Waals surface area contributed by atoms with Gasteiger partial charge in [0.25, 0.3) is 0 Å². The summed E-state index contributed by atoms with van der Waals surface area (Å²) in [6.45, 7) is 5.21. The second-order valence-corrected chi connectivity index (χ2v) is 8.92. The van der Waals surface area contributed by atoms with E-state index in [0.29, 0.717) is 12.0 Å². The van der Waals surface area contributed by atoms with Crippen LogP contribution >= 0.6 is 0 Å². The van der Waals surface area contributed by atoms with Crippen LogP contribution in [0.15, 0.2) is 42.5 Å². The van der Waals surface area contributed by atoms with Gasteiger partial charge in [0.05, 0.1) is 5.56 Å². The monoisotopic (exact) mass is 488 g/mol. The molecule has 0 amide bonds. The summed E-state index contributed by atoms with van der Waals surface area (Å²) < 4.78 is 15.8. The highest BCUT2D eigenvalue weighted by Gasteiger charge is 2.15. The molecule has 0 aliphatic carbocycles. The van der Waals surface area contributed by atoms with Gasteiger partial charge in [0.15, 0.2) is 0 Å². The molecule has 6 nitrogen and oxygen atoms in total. The van der Waals surface area contributed by atoms with E-state index in [2.05, 4.69) is 19.1 Å². The van der Waals surface area contributed by atoms with Crippen LogP contribution in [0.1, 0.15) is 115 Å². The van der Waals surface area contributed by atoms with E-state index >= 15 is 0 Å². The molecule has 0 fully saturated rings. The first-order valence-corrected chi connectivity index (χ1v) is 13.2. The molecule has 1 aromatic carbocycles. The third-order valence-corrected chi connectivity index (χ3v) is 5.61. The molecule has 1 rings (SSSR count). The Balaban J connectivity index is 2.06. The van der Waals surface area contributed by atoms with Crippen LogP contribution in [0, 0.1) is 0 Å². The van der Waals surface area contributed by atoms with Gasteiger partial charge in [-0.3, -0.25) is 9.59 Å². The van der Waals surface area contributed by atoms with Crippen molar-refractivity contribution in [3.05, 3.63) is 48.0 Å². The lowest BCUT2D eigenvalue weighted by molar-refractivity contribution is -0.165. The first kappa shape index (κ1) is 30.4. The van der Waals surface area contributed by atoms with Crippen LogP contribution in [0.25, 0.3) is 0 Å². The van der Waals surface area contributed by atoms with Crippen molar-refractivity contribution in [3.63, 3.8) is 0 Å². The SMILES string of the molecule is CCCCCCC(CC=CCCCCCCCC(=O)OC(C)OC(=O)c1ccccc1)OC(C)=O. The van der Waals surface area contributed by atoms with Gasteiger partial charge >= 0.3 is 17.9 Å². The highest BCUT2D eigenvalue weighted by molar-refractivity contribution is 5.89. The zero-order valence-electron chi connectivity index (χ0n) is 21.8. The number of ether oxygens (including phenoxy) is 3. The molecule has 2 atom stereocenters. The second kappa shape index (κ2) is 19.7. The first-order chi connectivity index (χ1) is 16.9. The van der Waals surface area contributed by atoms with Gasteiger partial charge in [-0.15, -0.1) is 0 Å². The van der Waals surface area contributed by atoms with E-state index in [1.165, 1.54) is 26.2 Å². The zero-order valence-corrected chi connectivity index (χ0v) is 21.8. The fraction of sp³-hybridized carbons (Fsp3) is 0.621. The Labute approximate surface area is 211 Å². The van der Waals surface area contributed by atoms with Crippen molar-refractivity contribution in [2.24, 2.45) is 0 Å². The van der Waals surface area contributed by atoms with Crippen molar-refractivity contribution in [2.75, 3.05) is 0 Å². The molecule has 6 heteroatoms. The molecule has 0 heterocycles. The molecule has 35 heavy (non-hydrogen) atoms. The summed E-state index contributed by atoms with van der Waals surface area (Å²) in [5.41, 5.74) is 0.428. The summed E-state index contributed by atoms with van der Waals surface area (Å²) in [4.78, 5) is 35.2. The highest BCUT2D eigenvalue weighted by atomic mass is 16.7. The van der Waals surface area contributed by atoms with E-state index in [1.54, 1.807) is 31.2 Å². The van der Waals surface area contributed by atoms with Gasteiger partial charge in [-0.05, 0) is 44.2 Å². The number of carbonyl (C=O) groups is 3. The van der Waals surface area contributed by atoms with E-state index < -0.39 is 12.3 Å². The number of carbonyl (C=O) groups excluding carboxylic acids is 3. The van der Waals surface area contributed by atoms with Crippen LogP contribution in [0.3, 0.4) is 0 Å². The summed E-state index contributed by atoms with van der Waals surface area (Å²) >= 11 is 0. The van der Waals surface area contributed by atoms with Gasteiger partial charge in [-0.1, -0.05) is 75.8 Å². The van der Waals surface area contributed by atoms with E-state index in [0.717, 1.165) is 57.8 Å². The average molecular weight is 489 g/mol. The molecule has 1 aromatic rings. The lowest BCUT2D eigenvalue weighted by Crippen LogP contribution is -2.21. The second-order valence-electron chi connectivity index (χ2n) is 8.92. The highest BCUT2D eigenvalue weighted by Crippen LogP contribution is 2.14. The number of rotatable bonds is 19. The van der Waals surface area contributed by atoms with E-state index in [1.807, 2.05) is 6.07 Å². The Kier molecular flexibility index (Phi) is 17.1. The summed E-state index contributed by atoms with van der Waals surface area (Å²) in [5, 5.41) is 0. The summed E-state index contributed by atoms with van der Waals surface area (Å²) in [6, 6.07) is 8.63. The number of unbranched alkanes of at least 4 members (excludes halogenated alkanes) is 8. The molecule has 0 N–H and O–H groups in total. The molecule has 0 spiro atoms.